The summed E-state index contributed by atoms with van der Waals surface area (Å²) in [5.74, 6) is -3.53. The van der Waals surface area contributed by atoms with Crippen molar-refractivity contribution in [2.24, 2.45) is 22.4 Å². The van der Waals surface area contributed by atoms with E-state index in [9.17, 15) is 33.9 Å². The number of unbranched alkanes of at least 4 members (excludes halogenated alkanes) is 1. The van der Waals surface area contributed by atoms with Gasteiger partial charge in [-0.1, -0.05) is 74.5 Å². The predicted octanol–water partition coefficient (Wildman–Crippen LogP) is 2.51. The minimum atomic E-state index is -1.24. The van der Waals surface area contributed by atoms with Crippen molar-refractivity contribution >= 4 is 52.3 Å². The number of aromatic nitrogens is 1. The number of guanidine groups is 1. The number of carbonyl (C=O) groups is 6. The third-order valence-electron chi connectivity index (χ3n) is 11.2. The Morgan fingerprint density at radius 1 is 0.662 bits per heavy atom. The van der Waals surface area contributed by atoms with Crippen LogP contribution >= 0.6 is 0 Å². The van der Waals surface area contributed by atoms with Crippen LogP contribution in [0.5, 0.6) is 5.75 Å². The van der Waals surface area contributed by atoms with Crippen molar-refractivity contribution in [3.8, 4) is 5.75 Å². The number of fused-ring (bicyclic) bond motifs is 1. The molecule has 1 aliphatic heterocycles. The van der Waals surface area contributed by atoms with Crippen LogP contribution in [0.25, 0.3) is 10.9 Å². The molecule has 17 heteroatoms. The van der Waals surface area contributed by atoms with E-state index in [-0.39, 0.29) is 62.2 Å². The maximum absolute atomic E-state index is 14.5. The molecule has 4 aromatic rings. The molecule has 0 aliphatic carbocycles. The van der Waals surface area contributed by atoms with Gasteiger partial charge in [-0.05, 0) is 92.2 Å². The topological polar surface area (TPSA) is 275 Å². The lowest BCUT2D eigenvalue weighted by atomic mass is 9.99. The number of para-hydroxylation sites is 1. The van der Waals surface area contributed by atoms with Crippen LogP contribution in [0.4, 0.5) is 0 Å². The Kier molecular flexibility index (Phi) is 18.7. The standard InChI is InChI=1S/C48H64N10O7/c1-30(2)26-39-45(63)55-38(18-11-25-52-48(49)50)43(61)54-37(17-8-9-24-51-42(60)19-10-14-31-12-4-3-5-13-31)44(62)57-40(27-32-20-22-34(59)23-21-32)46(64)58-41(47(65)56-39)28-33-29-53-36-16-7-6-15-35(33)36/h3-7,12-13,15-16,20-23,29-30,37-41,53,59H,8-11,14,17-19,24-28H2,1-2H3,(H,51,60)(H,54,61)(H,55,63)(H,56,65)(H,57,62)(H,58,64)(H4,49,50,52). The van der Waals surface area contributed by atoms with Gasteiger partial charge in [0.05, 0.1) is 0 Å². The van der Waals surface area contributed by atoms with Gasteiger partial charge in [-0.3, -0.25) is 33.8 Å². The summed E-state index contributed by atoms with van der Waals surface area (Å²) in [7, 11) is 0. The average Bonchev–Trinajstić information content (AvgIpc) is 3.68. The van der Waals surface area contributed by atoms with Crippen molar-refractivity contribution < 1.29 is 33.9 Å². The van der Waals surface area contributed by atoms with Gasteiger partial charge in [-0.25, -0.2) is 0 Å². The number of nitrogens with one attached hydrogen (secondary N) is 7. The molecule has 5 atom stereocenters. The zero-order chi connectivity index (χ0) is 46.7. The Morgan fingerprint density at radius 2 is 1.23 bits per heavy atom. The molecule has 5 rings (SSSR count). The second kappa shape index (κ2) is 24.8. The molecule has 12 N–H and O–H groups in total. The number of aliphatic imine (C=N–C) groups is 1. The third-order valence-corrected chi connectivity index (χ3v) is 11.2. The third kappa shape index (κ3) is 16.0. The summed E-state index contributed by atoms with van der Waals surface area (Å²) in [6.45, 7) is 4.30. The molecular weight excluding hydrogens is 829 g/mol. The van der Waals surface area contributed by atoms with Gasteiger partial charge < -0.3 is 53.5 Å². The number of phenolic OH excluding ortho intramolecular Hbond substituents is 1. The molecular formula is C48H64N10O7. The number of hydrogen-bond acceptors (Lipinski definition) is 8. The molecule has 17 nitrogen and oxygen atoms in total. The van der Waals surface area contributed by atoms with E-state index in [0.717, 1.165) is 28.5 Å². The lowest BCUT2D eigenvalue weighted by Crippen LogP contribution is -2.58. The maximum Gasteiger partial charge on any atom is 0.243 e. The monoisotopic (exact) mass is 892 g/mol. The maximum atomic E-state index is 14.5. The van der Waals surface area contributed by atoms with Crippen LogP contribution in [0.2, 0.25) is 0 Å². The molecule has 1 aromatic heterocycles. The minimum absolute atomic E-state index is 0.0119. The zero-order valence-electron chi connectivity index (χ0n) is 37.2. The summed E-state index contributed by atoms with van der Waals surface area (Å²) in [4.78, 5) is 91.5. The highest BCUT2D eigenvalue weighted by molar-refractivity contribution is 5.98. The van der Waals surface area contributed by atoms with Gasteiger partial charge in [0.15, 0.2) is 5.96 Å². The van der Waals surface area contributed by atoms with Crippen molar-refractivity contribution in [2.75, 3.05) is 13.1 Å². The Morgan fingerprint density at radius 3 is 1.89 bits per heavy atom. The van der Waals surface area contributed by atoms with Crippen LogP contribution in [0.3, 0.4) is 0 Å². The van der Waals surface area contributed by atoms with Crippen LogP contribution in [-0.4, -0.2) is 94.8 Å². The first-order valence-electron chi connectivity index (χ1n) is 22.5. The van der Waals surface area contributed by atoms with Gasteiger partial charge in [0.2, 0.25) is 35.4 Å². The first-order valence-corrected chi connectivity index (χ1v) is 22.5. The van der Waals surface area contributed by atoms with E-state index in [0.29, 0.717) is 44.2 Å². The number of amides is 6. The van der Waals surface area contributed by atoms with Crippen molar-refractivity contribution in [3.05, 3.63) is 102 Å². The van der Waals surface area contributed by atoms with Crippen LogP contribution in [-0.2, 0) is 48.0 Å². The van der Waals surface area contributed by atoms with E-state index in [1.807, 2.05) is 68.4 Å². The molecule has 3 aromatic carbocycles. The van der Waals surface area contributed by atoms with Gasteiger partial charge in [-0.15, -0.1) is 0 Å². The molecule has 0 spiro atoms. The first-order chi connectivity index (χ1) is 31.2. The second-order valence-electron chi connectivity index (χ2n) is 17.0. The second-order valence-corrected chi connectivity index (χ2v) is 17.0. The number of phenols is 1. The van der Waals surface area contributed by atoms with Gasteiger partial charge >= 0.3 is 0 Å². The predicted molar refractivity (Wildman–Crippen MR) is 249 cm³/mol. The average molecular weight is 893 g/mol. The van der Waals surface area contributed by atoms with Crippen LogP contribution in [0.1, 0.15) is 81.9 Å². The quantitative estimate of drug-likeness (QED) is 0.0376. The number of aryl methyl sites for hydroxylation is 1. The number of rotatable bonds is 19. The molecule has 2 heterocycles. The molecule has 1 fully saturated rings. The molecule has 0 radical (unpaired) electrons. The molecule has 1 aliphatic rings. The number of nitrogens with zero attached hydrogens (tertiary/aromatic N) is 1. The molecule has 0 bridgehead atoms. The molecule has 6 amide bonds. The van der Waals surface area contributed by atoms with Crippen molar-refractivity contribution in [1.29, 1.82) is 0 Å². The minimum Gasteiger partial charge on any atom is -0.508 e. The Bertz CT molecular complexity index is 2240. The number of hydrogen-bond donors (Lipinski definition) is 10. The van der Waals surface area contributed by atoms with E-state index in [2.05, 4.69) is 41.9 Å². The van der Waals surface area contributed by atoms with E-state index in [1.54, 1.807) is 18.3 Å². The lowest BCUT2D eigenvalue weighted by Gasteiger charge is -2.26. The number of aromatic hydroxyl groups is 1. The van der Waals surface area contributed by atoms with Crippen molar-refractivity contribution in [3.63, 3.8) is 0 Å². The van der Waals surface area contributed by atoms with E-state index >= 15 is 0 Å². The van der Waals surface area contributed by atoms with Gasteiger partial charge in [-0.2, -0.15) is 0 Å². The van der Waals surface area contributed by atoms with Crippen molar-refractivity contribution in [1.82, 2.24) is 36.9 Å². The fraction of sp³-hybridized carbons (Fsp3) is 0.438. The number of benzene rings is 3. The molecule has 5 unspecified atom stereocenters. The van der Waals surface area contributed by atoms with Gasteiger partial charge in [0.1, 0.15) is 36.0 Å². The van der Waals surface area contributed by atoms with E-state index < -0.39 is 59.7 Å². The van der Waals surface area contributed by atoms with Gasteiger partial charge in [0.25, 0.3) is 0 Å². The summed E-state index contributed by atoms with van der Waals surface area (Å²) in [5, 5.41) is 28.0. The summed E-state index contributed by atoms with van der Waals surface area (Å²) in [6, 6.07) is 17.8. The smallest absolute Gasteiger partial charge is 0.243 e. The van der Waals surface area contributed by atoms with Crippen LogP contribution in [0.15, 0.2) is 90.1 Å². The fourth-order valence-corrected chi connectivity index (χ4v) is 7.80. The van der Waals surface area contributed by atoms with Crippen LogP contribution < -0.4 is 43.4 Å². The largest absolute Gasteiger partial charge is 0.508 e. The molecule has 0 saturated carbocycles. The van der Waals surface area contributed by atoms with Crippen LogP contribution in [0, 0.1) is 5.92 Å². The zero-order valence-corrected chi connectivity index (χ0v) is 37.2. The number of carbonyl (C=O) groups excluding carboxylic acids is 6. The summed E-state index contributed by atoms with van der Waals surface area (Å²) < 4.78 is 0. The highest BCUT2D eigenvalue weighted by Gasteiger charge is 2.35. The summed E-state index contributed by atoms with van der Waals surface area (Å²) in [5.41, 5.74) is 14.4. The molecule has 348 valence electrons. The molecule has 1 saturated heterocycles. The molecule has 65 heavy (non-hydrogen) atoms. The number of nitrogens with two attached hydrogens (primary N) is 2. The Labute approximate surface area is 379 Å². The SMILES string of the molecule is CC(C)CC1NC(=O)C(Cc2c[nH]c3ccccc23)NC(=O)C(Cc2ccc(O)cc2)NC(=O)C(CCCCNC(=O)CCCc2ccccc2)NC(=O)C(CCCN=C(N)N)NC1=O. The number of aromatic amines is 1. The Hall–Kier alpha value is -6.91. The number of H-pyrrole nitrogens is 1. The Balaban J connectivity index is 1.42. The summed E-state index contributed by atoms with van der Waals surface area (Å²) in [6.07, 6.45) is 5.22. The van der Waals surface area contributed by atoms with Crippen molar-refractivity contribution in [2.45, 2.75) is 115 Å². The van der Waals surface area contributed by atoms with E-state index in [1.165, 1.54) is 12.1 Å². The van der Waals surface area contributed by atoms with Gasteiger partial charge in [0, 0.05) is 49.5 Å². The highest BCUT2D eigenvalue weighted by Crippen LogP contribution is 2.20. The highest BCUT2D eigenvalue weighted by atomic mass is 16.3. The van der Waals surface area contributed by atoms with E-state index in [4.69, 9.17) is 11.5 Å². The first kappa shape index (κ1) is 49.1. The lowest BCUT2D eigenvalue weighted by molar-refractivity contribution is -0.134. The fourth-order valence-electron chi connectivity index (χ4n) is 7.80. The normalized spacial score (nSPS) is 19.8. The summed E-state index contributed by atoms with van der Waals surface area (Å²) >= 11 is 0.